The lowest BCUT2D eigenvalue weighted by Gasteiger charge is -2.16. The molecule has 0 unspecified atom stereocenters. The lowest BCUT2D eigenvalue weighted by atomic mass is 9.89. The molecule has 0 aliphatic carbocycles. The van der Waals surface area contributed by atoms with Gasteiger partial charge in [-0.05, 0) is 31.0 Å². The van der Waals surface area contributed by atoms with Crippen LogP contribution < -0.4 is 4.74 Å². The second-order valence-corrected chi connectivity index (χ2v) is 6.57. The van der Waals surface area contributed by atoms with Crippen molar-refractivity contribution in [3.8, 4) is 5.75 Å². The molecule has 2 atom stereocenters. The zero-order valence-electron chi connectivity index (χ0n) is 15.2. The molecular weight excluding hydrogens is 334 g/mol. The van der Waals surface area contributed by atoms with Gasteiger partial charge in [0, 0.05) is 30.3 Å². The minimum atomic E-state index is -0.902. The second kappa shape index (κ2) is 7.19. The first kappa shape index (κ1) is 18.0. The number of carboxylic acid groups (broad SMARTS) is 1. The van der Waals surface area contributed by atoms with Crippen molar-refractivity contribution in [1.82, 2.24) is 15.1 Å². The number of carbonyl (C=O) groups is 2. The Balaban J connectivity index is 1.88. The van der Waals surface area contributed by atoms with Gasteiger partial charge in [-0.2, -0.15) is 5.10 Å². The highest BCUT2D eigenvalue weighted by Crippen LogP contribution is 2.35. The van der Waals surface area contributed by atoms with Crippen molar-refractivity contribution in [2.24, 2.45) is 5.92 Å². The predicted octanol–water partition coefficient (Wildman–Crippen LogP) is 2.23. The van der Waals surface area contributed by atoms with E-state index in [1.54, 1.807) is 12.0 Å². The Labute approximate surface area is 152 Å². The number of hydrogen-bond donors (Lipinski definition) is 2. The van der Waals surface area contributed by atoms with Gasteiger partial charge in [0.15, 0.2) is 5.69 Å². The van der Waals surface area contributed by atoms with Gasteiger partial charge < -0.3 is 14.7 Å². The van der Waals surface area contributed by atoms with E-state index in [-0.39, 0.29) is 18.4 Å². The topological polar surface area (TPSA) is 95.5 Å². The molecule has 2 heterocycles. The summed E-state index contributed by atoms with van der Waals surface area (Å²) in [5, 5.41) is 16.7. The maximum Gasteiger partial charge on any atom is 0.308 e. The van der Waals surface area contributed by atoms with Gasteiger partial charge in [0.2, 0.25) is 0 Å². The molecule has 1 fully saturated rings. The first-order valence-corrected chi connectivity index (χ1v) is 8.66. The van der Waals surface area contributed by atoms with Gasteiger partial charge in [-0.25, -0.2) is 0 Å². The number of rotatable bonds is 5. The molecule has 1 saturated heterocycles. The van der Waals surface area contributed by atoms with Gasteiger partial charge in [0.1, 0.15) is 5.75 Å². The third-order valence-corrected chi connectivity index (χ3v) is 5.11. The largest absolute Gasteiger partial charge is 0.497 e. The summed E-state index contributed by atoms with van der Waals surface area (Å²) >= 11 is 0. The zero-order valence-corrected chi connectivity index (χ0v) is 15.2. The van der Waals surface area contributed by atoms with Gasteiger partial charge in [-0.15, -0.1) is 0 Å². The van der Waals surface area contributed by atoms with E-state index in [0.717, 1.165) is 23.2 Å². The third-order valence-electron chi connectivity index (χ3n) is 5.11. The average molecular weight is 357 g/mol. The van der Waals surface area contributed by atoms with E-state index < -0.39 is 11.9 Å². The van der Waals surface area contributed by atoms with Crippen LogP contribution in [-0.2, 0) is 11.2 Å². The van der Waals surface area contributed by atoms with Crippen molar-refractivity contribution in [1.29, 1.82) is 0 Å². The molecule has 0 saturated carbocycles. The summed E-state index contributed by atoms with van der Waals surface area (Å²) in [5.74, 6) is -1.39. The number of likely N-dealkylation sites (tertiary alicyclic amines) is 1. The Bertz CT molecular complexity index is 830. The smallest absolute Gasteiger partial charge is 0.308 e. The number of carboxylic acids is 1. The summed E-state index contributed by atoms with van der Waals surface area (Å²) in [5.41, 5.74) is 2.98. The summed E-state index contributed by atoms with van der Waals surface area (Å²) in [6, 6.07) is 7.37. The van der Waals surface area contributed by atoms with Gasteiger partial charge >= 0.3 is 5.97 Å². The predicted molar refractivity (Wildman–Crippen MR) is 95.5 cm³/mol. The van der Waals surface area contributed by atoms with Crippen LogP contribution in [0.1, 0.15) is 40.2 Å². The van der Waals surface area contributed by atoms with E-state index in [2.05, 4.69) is 10.2 Å². The molecule has 3 rings (SSSR count). The number of amides is 1. The van der Waals surface area contributed by atoms with Crippen molar-refractivity contribution in [2.75, 3.05) is 20.2 Å². The molecule has 1 aromatic carbocycles. The molecule has 1 amide bonds. The van der Waals surface area contributed by atoms with Crippen LogP contribution in [0.4, 0.5) is 0 Å². The van der Waals surface area contributed by atoms with Crippen LogP contribution in [0.5, 0.6) is 5.75 Å². The first-order valence-electron chi connectivity index (χ1n) is 8.66. The van der Waals surface area contributed by atoms with Crippen LogP contribution in [0.3, 0.4) is 0 Å². The quantitative estimate of drug-likeness (QED) is 0.855. The normalized spacial score (nSPS) is 19.6. The standard InChI is InChI=1S/C19H23N3O4/c1-4-16-11(2)17(21-20-16)18(23)22-9-14(15(10-22)19(24)25)12-6-5-7-13(8-12)26-3/h5-8,14-15H,4,9-10H2,1-3H3,(H,20,21)(H,24,25)/t14-,15+/m0/s1. The molecule has 1 aliphatic heterocycles. The van der Waals surface area contributed by atoms with Gasteiger partial charge in [0.05, 0.1) is 13.0 Å². The summed E-state index contributed by atoms with van der Waals surface area (Å²) in [4.78, 5) is 26.3. The van der Waals surface area contributed by atoms with E-state index in [4.69, 9.17) is 4.74 Å². The highest BCUT2D eigenvalue weighted by atomic mass is 16.5. The fourth-order valence-corrected chi connectivity index (χ4v) is 3.57. The van der Waals surface area contributed by atoms with Crippen LogP contribution in [0.15, 0.2) is 24.3 Å². The number of aromatic nitrogens is 2. The summed E-state index contributed by atoms with van der Waals surface area (Å²) < 4.78 is 5.24. The minimum Gasteiger partial charge on any atom is -0.497 e. The molecule has 26 heavy (non-hydrogen) atoms. The molecule has 2 N–H and O–H groups in total. The highest BCUT2D eigenvalue weighted by Gasteiger charge is 2.41. The molecule has 2 aromatic rings. The average Bonchev–Trinajstić information content (AvgIpc) is 3.25. The van der Waals surface area contributed by atoms with Crippen molar-refractivity contribution < 1.29 is 19.4 Å². The van der Waals surface area contributed by atoms with Crippen LogP contribution in [0.2, 0.25) is 0 Å². The Morgan fingerprint density at radius 3 is 2.77 bits per heavy atom. The summed E-state index contributed by atoms with van der Waals surface area (Å²) in [6.07, 6.45) is 0.760. The number of benzene rings is 1. The lowest BCUT2D eigenvalue weighted by Crippen LogP contribution is -2.30. The van der Waals surface area contributed by atoms with E-state index in [0.29, 0.717) is 18.0 Å². The first-order chi connectivity index (χ1) is 12.5. The molecule has 1 aliphatic rings. The highest BCUT2D eigenvalue weighted by molar-refractivity contribution is 5.94. The van der Waals surface area contributed by atoms with E-state index in [1.165, 1.54) is 0 Å². The van der Waals surface area contributed by atoms with Crippen molar-refractivity contribution >= 4 is 11.9 Å². The molecule has 0 radical (unpaired) electrons. The Kier molecular flexibility index (Phi) is 4.97. The van der Waals surface area contributed by atoms with E-state index in [1.807, 2.05) is 38.1 Å². The maximum atomic E-state index is 12.9. The molecule has 138 valence electrons. The molecule has 7 nitrogen and oxygen atoms in total. The number of ether oxygens (including phenoxy) is 1. The van der Waals surface area contributed by atoms with Gasteiger partial charge in [0.25, 0.3) is 5.91 Å². The third kappa shape index (κ3) is 3.16. The molecule has 0 spiro atoms. The number of carbonyl (C=O) groups excluding carboxylic acids is 1. The number of H-pyrrole nitrogens is 1. The molecule has 1 aromatic heterocycles. The lowest BCUT2D eigenvalue weighted by molar-refractivity contribution is -0.141. The zero-order chi connectivity index (χ0) is 18.8. The molecule has 7 heteroatoms. The number of aryl methyl sites for hydroxylation is 1. The van der Waals surface area contributed by atoms with Crippen molar-refractivity contribution in [3.63, 3.8) is 0 Å². The second-order valence-electron chi connectivity index (χ2n) is 6.57. The number of nitrogens with zero attached hydrogens (tertiary/aromatic N) is 2. The summed E-state index contributed by atoms with van der Waals surface area (Å²) in [7, 11) is 1.57. The number of aromatic amines is 1. The summed E-state index contributed by atoms with van der Waals surface area (Å²) in [6.45, 7) is 4.37. The number of nitrogens with one attached hydrogen (secondary N) is 1. The Hall–Kier alpha value is -2.83. The van der Waals surface area contributed by atoms with E-state index >= 15 is 0 Å². The van der Waals surface area contributed by atoms with Crippen LogP contribution >= 0.6 is 0 Å². The minimum absolute atomic E-state index is 0.170. The fourth-order valence-electron chi connectivity index (χ4n) is 3.57. The molecular formula is C19H23N3O4. The maximum absolute atomic E-state index is 12.9. The van der Waals surface area contributed by atoms with Gasteiger partial charge in [-0.3, -0.25) is 14.7 Å². The van der Waals surface area contributed by atoms with Crippen molar-refractivity contribution in [2.45, 2.75) is 26.2 Å². The van der Waals surface area contributed by atoms with E-state index in [9.17, 15) is 14.7 Å². The van der Waals surface area contributed by atoms with Gasteiger partial charge in [-0.1, -0.05) is 19.1 Å². The van der Waals surface area contributed by atoms with Crippen LogP contribution in [0.25, 0.3) is 0 Å². The number of aliphatic carboxylic acids is 1. The van der Waals surface area contributed by atoms with Crippen LogP contribution in [-0.4, -0.2) is 52.3 Å². The molecule has 0 bridgehead atoms. The van der Waals surface area contributed by atoms with Crippen LogP contribution in [0, 0.1) is 12.8 Å². The fraction of sp³-hybridized carbons (Fsp3) is 0.421. The monoisotopic (exact) mass is 357 g/mol. The number of methoxy groups -OCH3 is 1. The Morgan fingerprint density at radius 2 is 2.15 bits per heavy atom. The Morgan fingerprint density at radius 1 is 1.38 bits per heavy atom. The number of hydrogen-bond acceptors (Lipinski definition) is 4. The SMILES string of the molecule is CCc1[nH]nc(C(=O)N2C[C@@H](C(=O)O)[C@H](c3cccc(OC)c3)C2)c1C. The van der Waals surface area contributed by atoms with Crippen molar-refractivity contribution in [3.05, 3.63) is 46.8 Å².